The van der Waals surface area contributed by atoms with Crippen molar-refractivity contribution in [2.24, 2.45) is 0 Å². The molecule has 0 spiro atoms. The van der Waals surface area contributed by atoms with E-state index in [-0.39, 0.29) is 11.5 Å². The van der Waals surface area contributed by atoms with E-state index < -0.39 is 0 Å². The predicted molar refractivity (Wildman–Crippen MR) is 129 cm³/mol. The molecule has 3 aromatic carbocycles. The van der Waals surface area contributed by atoms with Crippen LogP contribution < -0.4 is 15.6 Å². The van der Waals surface area contributed by atoms with Gasteiger partial charge in [-0.05, 0) is 67.4 Å². The van der Waals surface area contributed by atoms with Gasteiger partial charge in [-0.1, -0.05) is 41.4 Å². The summed E-state index contributed by atoms with van der Waals surface area (Å²) in [5, 5.41) is 7.86. The van der Waals surface area contributed by atoms with E-state index >= 15 is 0 Å². The Balaban J connectivity index is 1.48. The maximum Gasteiger partial charge on any atom is 0.271 e. The highest BCUT2D eigenvalue weighted by Gasteiger charge is 2.10. The van der Waals surface area contributed by atoms with E-state index in [0.29, 0.717) is 28.8 Å². The molecule has 1 amide bonds. The summed E-state index contributed by atoms with van der Waals surface area (Å²) in [5.74, 6) is 0.0788. The molecule has 1 N–H and O–H groups in total. The first-order valence-corrected chi connectivity index (χ1v) is 10.7. The number of aromatic nitrogens is 2. The van der Waals surface area contributed by atoms with Crippen molar-refractivity contribution >= 4 is 23.2 Å². The van der Waals surface area contributed by atoms with Crippen LogP contribution in [0.5, 0.6) is 5.88 Å². The number of hydrogen-bond donors (Lipinski definition) is 1. The summed E-state index contributed by atoms with van der Waals surface area (Å²) < 4.78 is 6.96. The largest absolute Gasteiger partial charge is 0.472 e. The number of benzene rings is 3. The van der Waals surface area contributed by atoms with Crippen LogP contribution in [-0.2, 0) is 6.61 Å². The monoisotopic (exact) mass is 459 g/mol. The fourth-order valence-electron chi connectivity index (χ4n) is 3.30. The Labute approximate surface area is 196 Å². The van der Waals surface area contributed by atoms with Gasteiger partial charge >= 0.3 is 0 Å². The lowest BCUT2D eigenvalue weighted by molar-refractivity contribution is 0.102. The van der Waals surface area contributed by atoms with Crippen LogP contribution in [0.4, 0.5) is 5.69 Å². The van der Waals surface area contributed by atoms with Crippen molar-refractivity contribution in [2.45, 2.75) is 20.5 Å². The molecule has 1 heterocycles. The Hall–Kier alpha value is -3.90. The number of halogens is 1. The van der Waals surface area contributed by atoms with Crippen molar-refractivity contribution < 1.29 is 9.53 Å². The average molecular weight is 460 g/mol. The van der Waals surface area contributed by atoms with Gasteiger partial charge in [-0.15, -0.1) is 5.10 Å². The van der Waals surface area contributed by atoms with Crippen molar-refractivity contribution in [2.75, 3.05) is 5.32 Å². The lowest BCUT2D eigenvalue weighted by Crippen LogP contribution is -2.21. The standard InChI is InChI=1S/C26H22ClN3O3/c1-17-3-12-23(18(2)15-17)28-26(32)20-6-10-22(11-7-20)30-25(31)14-13-24(29-30)33-16-19-4-8-21(27)9-5-19/h3-15H,16H2,1-2H3,(H,28,32). The van der Waals surface area contributed by atoms with Crippen LogP contribution in [0.1, 0.15) is 27.0 Å². The summed E-state index contributed by atoms with van der Waals surface area (Å²) in [5.41, 5.74) is 4.51. The Morgan fingerprint density at radius 3 is 2.39 bits per heavy atom. The highest BCUT2D eigenvalue weighted by molar-refractivity contribution is 6.30. The number of carbonyl (C=O) groups is 1. The van der Waals surface area contributed by atoms with Crippen molar-refractivity contribution in [3.05, 3.63) is 116 Å². The second-order valence-electron chi connectivity index (χ2n) is 7.66. The second kappa shape index (κ2) is 9.71. The first-order valence-electron chi connectivity index (χ1n) is 10.4. The molecule has 4 aromatic rings. The zero-order valence-corrected chi connectivity index (χ0v) is 19.0. The smallest absolute Gasteiger partial charge is 0.271 e. The molecule has 0 atom stereocenters. The molecule has 0 radical (unpaired) electrons. The van der Waals surface area contributed by atoms with Gasteiger partial charge in [-0.3, -0.25) is 9.59 Å². The molecule has 4 rings (SSSR count). The molecule has 0 saturated heterocycles. The van der Waals surface area contributed by atoms with Crippen molar-refractivity contribution in [1.82, 2.24) is 9.78 Å². The van der Waals surface area contributed by atoms with Crippen molar-refractivity contribution in [3.8, 4) is 11.6 Å². The first-order chi connectivity index (χ1) is 15.9. The Kier molecular flexibility index (Phi) is 6.56. The minimum atomic E-state index is -0.304. The van der Waals surface area contributed by atoms with Crippen molar-refractivity contribution in [3.63, 3.8) is 0 Å². The quantitative estimate of drug-likeness (QED) is 0.422. The van der Waals surface area contributed by atoms with E-state index in [2.05, 4.69) is 10.4 Å². The molecule has 0 bridgehead atoms. The van der Waals surface area contributed by atoms with E-state index in [1.54, 1.807) is 36.4 Å². The fourth-order valence-corrected chi connectivity index (χ4v) is 3.42. The van der Waals surface area contributed by atoms with Crippen molar-refractivity contribution in [1.29, 1.82) is 0 Å². The fraction of sp³-hybridized carbons (Fsp3) is 0.115. The van der Waals surface area contributed by atoms with Gasteiger partial charge in [0.15, 0.2) is 0 Å². The minimum absolute atomic E-state index is 0.228. The predicted octanol–water partition coefficient (Wildman–Crippen LogP) is 5.33. The van der Waals surface area contributed by atoms with Gasteiger partial charge in [0, 0.05) is 28.4 Å². The van der Waals surface area contributed by atoms with E-state index in [1.807, 2.05) is 44.2 Å². The molecule has 33 heavy (non-hydrogen) atoms. The van der Waals surface area contributed by atoms with E-state index in [0.717, 1.165) is 22.4 Å². The van der Waals surface area contributed by atoms with Gasteiger partial charge in [-0.25, -0.2) is 0 Å². The summed E-state index contributed by atoms with van der Waals surface area (Å²) in [6.07, 6.45) is 0. The SMILES string of the molecule is Cc1ccc(NC(=O)c2ccc(-n3nc(OCc4ccc(Cl)cc4)ccc3=O)cc2)c(C)c1. The molecular weight excluding hydrogens is 438 g/mol. The van der Waals surface area contributed by atoms with Crippen LogP contribution in [0.15, 0.2) is 83.7 Å². The van der Waals surface area contributed by atoms with E-state index in [4.69, 9.17) is 16.3 Å². The lowest BCUT2D eigenvalue weighted by Gasteiger charge is -2.11. The summed E-state index contributed by atoms with van der Waals surface area (Å²) in [7, 11) is 0. The number of rotatable bonds is 6. The third-order valence-electron chi connectivity index (χ3n) is 5.08. The topological polar surface area (TPSA) is 73.2 Å². The zero-order valence-electron chi connectivity index (χ0n) is 18.2. The van der Waals surface area contributed by atoms with Gasteiger partial charge in [-0.2, -0.15) is 4.68 Å². The molecule has 0 aliphatic carbocycles. The number of nitrogens with one attached hydrogen (secondary N) is 1. The molecular formula is C26H22ClN3O3. The maximum atomic E-state index is 12.6. The van der Waals surface area contributed by atoms with Crippen LogP contribution in [-0.4, -0.2) is 15.7 Å². The van der Waals surface area contributed by atoms with Gasteiger partial charge in [0.2, 0.25) is 5.88 Å². The second-order valence-corrected chi connectivity index (χ2v) is 8.09. The molecule has 1 aromatic heterocycles. The van der Waals surface area contributed by atoms with Crippen LogP contribution in [0.2, 0.25) is 5.02 Å². The number of nitrogens with zero attached hydrogens (tertiary/aromatic N) is 2. The average Bonchev–Trinajstić information content (AvgIpc) is 2.81. The summed E-state index contributed by atoms with van der Waals surface area (Å²) in [6.45, 7) is 4.25. The molecule has 166 valence electrons. The molecule has 0 unspecified atom stereocenters. The third-order valence-corrected chi connectivity index (χ3v) is 5.33. The highest BCUT2D eigenvalue weighted by Crippen LogP contribution is 2.18. The van der Waals surface area contributed by atoms with Crippen LogP contribution in [0.25, 0.3) is 5.69 Å². The third kappa shape index (κ3) is 5.48. The van der Waals surface area contributed by atoms with Crippen LogP contribution >= 0.6 is 11.6 Å². The van der Waals surface area contributed by atoms with Gasteiger partial charge in [0.25, 0.3) is 11.5 Å². The Bertz CT molecular complexity index is 1350. The molecule has 0 aliphatic rings. The van der Waals surface area contributed by atoms with Crippen LogP contribution in [0.3, 0.4) is 0 Å². The number of anilines is 1. The molecule has 6 nitrogen and oxygen atoms in total. The maximum absolute atomic E-state index is 12.6. The van der Waals surface area contributed by atoms with E-state index in [9.17, 15) is 9.59 Å². The van der Waals surface area contributed by atoms with Gasteiger partial charge in [0.1, 0.15) is 6.61 Å². The molecule has 0 saturated carbocycles. The Morgan fingerprint density at radius 1 is 0.970 bits per heavy atom. The first kappa shape index (κ1) is 22.3. The normalized spacial score (nSPS) is 10.6. The number of ether oxygens (including phenoxy) is 1. The van der Waals surface area contributed by atoms with E-state index in [1.165, 1.54) is 16.8 Å². The summed E-state index contributed by atoms with van der Waals surface area (Å²) in [4.78, 5) is 25.0. The molecule has 7 heteroatoms. The zero-order chi connectivity index (χ0) is 23.4. The summed E-state index contributed by atoms with van der Waals surface area (Å²) in [6, 6.07) is 22.7. The molecule has 0 fully saturated rings. The number of carbonyl (C=O) groups excluding carboxylic acids is 1. The number of amides is 1. The number of hydrogen-bond acceptors (Lipinski definition) is 4. The molecule has 0 aliphatic heterocycles. The number of aryl methyl sites for hydroxylation is 2. The summed E-state index contributed by atoms with van der Waals surface area (Å²) >= 11 is 5.90. The van der Waals surface area contributed by atoms with Crippen LogP contribution in [0, 0.1) is 13.8 Å². The lowest BCUT2D eigenvalue weighted by atomic mass is 10.1. The van der Waals surface area contributed by atoms with Gasteiger partial charge in [0.05, 0.1) is 5.69 Å². The minimum Gasteiger partial charge on any atom is -0.472 e. The van der Waals surface area contributed by atoms with Gasteiger partial charge < -0.3 is 10.1 Å². The Morgan fingerprint density at radius 2 is 1.70 bits per heavy atom. The highest BCUT2D eigenvalue weighted by atomic mass is 35.5.